The topological polar surface area (TPSA) is 116 Å². The summed E-state index contributed by atoms with van der Waals surface area (Å²) in [6.07, 6.45) is 4.93. The number of aliphatic hydroxyl groups is 1. The third kappa shape index (κ3) is 5.52. The lowest BCUT2D eigenvalue weighted by Crippen LogP contribution is -2.51. The minimum atomic E-state index is -0.900. The van der Waals surface area contributed by atoms with Gasteiger partial charge in [-0.05, 0) is 38.1 Å². The van der Waals surface area contributed by atoms with E-state index in [2.05, 4.69) is 20.4 Å². The van der Waals surface area contributed by atoms with E-state index in [1.54, 1.807) is 40.7 Å². The highest BCUT2D eigenvalue weighted by atomic mass is 35.5. The molecule has 1 saturated heterocycles. The zero-order valence-corrected chi connectivity index (χ0v) is 20.0. The molecule has 0 atom stereocenters. The molecule has 0 unspecified atom stereocenters. The fourth-order valence-electron chi connectivity index (χ4n) is 3.67. The first-order valence-electron chi connectivity index (χ1n) is 10.8. The van der Waals surface area contributed by atoms with E-state index in [0.29, 0.717) is 41.9 Å². The Labute approximate surface area is 202 Å². The molecule has 2 amide bonds. The standard InChI is InChI=1S/C23H26ClN7O3/c1-15(32)29-8-9-31(20(33)13-29)18-6-4-17(5-7-18)27-22-25-11-19(24)21(28-22)16-10-26-30(12-16)14-23(2,3)34/h4-7,10-12,34H,8-9,13-14H2,1-3H3,(H,25,27,28). The molecule has 1 aliphatic heterocycles. The van der Waals surface area contributed by atoms with Crippen LogP contribution in [0.1, 0.15) is 20.8 Å². The van der Waals surface area contributed by atoms with Crippen LogP contribution in [0.4, 0.5) is 17.3 Å². The Hall–Kier alpha value is -3.50. The molecule has 1 aromatic carbocycles. The Kier molecular flexibility index (Phi) is 6.54. The van der Waals surface area contributed by atoms with Gasteiger partial charge in [0.2, 0.25) is 17.8 Å². The maximum absolute atomic E-state index is 12.4. The number of halogens is 1. The predicted molar refractivity (Wildman–Crippen MR) is 129 cm³/mol. The van der Waals surface area contributed by atoms with Crippen LogP contribution in [0.2, 0.25) is 5.02 Å². The molecule has 178 valence electrons. The summed E-state index contributed by atoms with van der Waals surface area (Å²) in [5.74, 6) is 0.144. The van der Waals surface area contributed by atoms with Gasteiger partial charge in [-0.3, -0.25) is 14.3 Å². The second-order valence-electron chi connectivity index (χ2n) is 8.79. The highest BCUT2D eigenvalue weighted by molar-refractivity contribution is 6.32. The zero-order valence-electron chi connectivity index (χ0n) is 19.2. The number of anilines is 3. The number of amides is 2. The normalized spacial score (nSPS) is 14.4. The van der Waals surface area contributed by atoms with Gasteiger partial charge in [-0.25, -0.2) is 9.97 Å². The molecule has 10 nitrogen and oxygen atoms in total. The van der Waals surface area contributed by atoms with E-state index in [-0.39, 0.29) is 18.4 Å². The Morgan fingerprint density at radius 3 is 2.59 bits per heavy atom. The van der Waals surface area contributed by atoms with Crippen LogP contribution in [0.15, 0.2) is 42.9 Å². The molecule has 2 N–H and O–H groups in total. The van der Waals surface area contributed by atoms with E-state index >= 15 is 0 Å². The molecule has 0 bridgehead atoms. The monoisotopic (exact) mass is 483 g/mol. The molecule has 3 heterocycles. The molecular formula is C23H26ClN7O3. The largest absolute Gasteiger partial charge is 0.389 e. The van der Waals surface area contributed by atoms with Gasteiger partial charge < -0.3 is 20.2 Å². The lowest BCUT2D eigenvalue weighted by atomic mass is 10.1. The van der Waals surface area contributed by atoms with Crippen molar-refractivity contribution in [2.75, 3.05) is 29.9 Å². The second-order valence-corrected chi connectivity index (χ2v) is 9.19. The smallest absolute Gasteiger partial charge is 0.246 e. The molecular weight excluding hydrogens is 458 g/mol. The van der Waals surface area contributed by atoms with Gasteiger partial charge in [0.25, 0.3) is 0 Å². The van der Waals surface area contributed by atoms with Gasteiger partial charge >= 0.3 is 0 Å². The van der Waals surface area contributed by atoms with Crippen molar-refractivity contribution in [1.29, 1.82) is 0 Å². The molecule has 0 radical (unpaired) electrons. The summed E-state index contributed by atoms with van der Waals surface area (Å²) in [4.78, 5) is 35.9. The Balaban J connectivity index is 1.46. The number of nitrogens with zero attached hydrogens (tertiary/aromatic N) is 6. The van der Waals surface area contributed by atoms with E-state index in [9.17, 15) is 14.7 Å². The summed E-state index contributed by atoms with van der Waals surface area (Å²) < 4.78 is 1.64. The number of piperazine rings is 1. The fraction of sp³-hybridized carbons (Fsp3) is 0.348. The minimum absolute atomic E-state index is 0.0864. The zero-order chi connectivity index (χ0) is 24.5. The summed E-state index contributed by atoms with van der Waals surface area (Å²) in [5, 5.41) is 17.8. The molecule has 3 aromatic rings. The van der Waals surface area contributed by atoms with Crippen molar-refractivity contribution in [3.63, 3.8) is 0 Å². The summed E-state index contributed by atoms with van der Waals surface area (Å²) >= 11 is 6.33. The van der Waals surface area contributed by atoms with E-state index in [4.69, 9.17) is 11.6 Å². The fourth-order valence-corrected chi connectivity index (χ4v) is 3.87. The first kappa shape index (κ1) is 23.7. The van der Waals surface area contributed by atoms with Crippen molar-refractivity contribution in [2.24, 2.45) is 0 Å². The number of rotatable bonds is 6. The van der Waals surface area contributed by atoms with Crippen molar-refractivity contribution in [3.05, 3.63) is 47.9 Å². The second kappa shape index (κ2) is 9.40. The molecule has 1 fully saturated rings. The van der Waals surface area contributed by atoms with Crippen LogP contribution >= 0.6 is 11.6 Å². The number of hydrogen-bond donors (Lipinski definition) is 2. The van der Waals surface area contributed by atoms with Gasteiger partial charge in [0.15, 0.2) is 0 Å². The van der Waals surface area contributed by atoms with Gasteiger partial charge in [-0.1, -0.05) is 11.6 Å². The van der Waals surface area contributed by atoms with E-state index in [1.807, 2.05) is 24.3 Å². The lowest BCUT2D eigenvalue weighted by Gasteiger charge is -2.33. The van der Waals surface area contributed by atoms with E-state index in [1.165, 1.54) is 13.1 Å². The molecule has 0 spiro atoms. The van der Waals surface area contributed by atoms with Crippen LogP contribution in [0, 0.1) is 0 Å². The number of aromatic nitrogens is 4. The third-order valence-corrected chi connectivity index (χ3v) is 5.58. The maximum atomic E-state index is 12.4. The minimum Gasteiger partial charge on any atom is -0.389 e. The quantitative estimate of drug-likeness (QED) is 0.553. The lowest BCUT2D eigenvalue weighted by molar-refractivity contribution is -0.135. The first-order valence-corrected chi connectivity index (χ1v) is 11.2. The van der Waals surface area contributed by atoms with Gasteiger partial charge in [-0.2, -0.15) is 5.10 Å². The summed E-state index contributed by atoms with van der Waals surface area (Å²) in [5.41, 5.74) is 1.83. The van der Waals surface area contributed by atoms with Crippen molar-refractivity contribution in [1.82, 2.24) is 24.6 Å². The van der Waals surface area contributed by atoms with Gasteiger partial charge in [-0.15, -0.1) is 0 Å². The summed E-state index contributed by atoms with van der Waals surface area (Å²) in [6.45, 7) is 6.27. The van der Waals surface area contributed by atoms with Crippen LogP contribution in [0.5, 0.6) is 0 Å². The number of nitrogens with one attached hydrogen (secondary N) is 1. The maximum Gasteiger partial charge on any atom is 0.246 e. The number of hydrogen-bond acceptors (Lipinski definition) is 7. The van der Waals surface area contributed by atoms with Crippen LogP contribution in [0.3, 0.4) is 0 Å². The highest BCUT2D eigenvalue weighted by Crippen LogP contribution is 2.28. The van der Waals surface area contributed by atoms with Crippen molar-refractivity contribution < 1.29 is 14.7 Å². The third-order valence-electron chi connectivity index (χ3n) is 5.30. The average Bonchev–Trinajstić information content (AvgIpc) is 3.22. The first-order chi connectivity index (χ1) is 16.1. The molecule has 1 aliphatic rings. The number of carbonyl (C=O) groups excluding carboxylic acids is 2. The van der Waals surface area contributed by atoms with Crippen LogP contribution < -0.4 is 10.2 Å². The SMILES string of the molecule is CC(=O)N1CCN(c2ccc(Nc3ncc(Cl)c(-c4cnn(CC(C)(C)O)c4)n3)cc2)C(=O)C1. The predicted octanol–water partition coefficient (Wildman–Crippen LogP) is 2.70. The number of carbonyl (C=O) groups is 2. The van der Waals surface area contributed by atoms with E-state index < -0.39 is 5.60 Å². The average molecular weight is 484 g/mol. The highest BCUT2D eigenvalue weighted by Gasteiger charge is 2.26. The summed E-state index contributed by atoms with van der Waals surface area (Å²) in [6, 6.07) is 7.33. The Morgan fingerprint density at radius 1 is 1.21 bits per heavy atom. The number of benzene rings is 1. The molecule has 0 saturated carbocycles. The van der Waals surface area contributed by atoms with Crippen LogP contribution in [-0.2, 0) is 16.1 Å². The van der Waals surface area contributed by atoms with E-state index in [0.717, 1.165) is 11.4 Å². The van der Waals surface area contributed by atoms with Crippen molar-refractivity contribution in [2.45, 2.75) is 32.9 Å². The van der Waals surface area contributed by atoms with Crippen LogP contribution in [-0.4, -0.2) is 66.8 Å². The van der Waals surface area contributed by atoms with Gasteiger partial charge in [0, 0.05) is 43.1 Å². The molecule has 2 aromatic heterocycles. The van der Waals surface area contributed by atoms with Gasteiger partial charge in [0.05, 0.1) is 35.3 Å². The Morgan fingerprint density at radius 2 is 1.94 bits per heavy atom. The molecule has 0 aliphatic carbocycles. The van der Waals surface area contributed by atoms with Crippen molar-refractivity contribution >= 4 is 40.7 Å². The Bertz CT molecular complexity index is 1200. The van der Waals surface area contributed by atoms with Crippen LogP contribution in [0.25, 0.3) is 11.3 Å². The molecule has 4 rings (SSSR count). The molecule has 34 heavy (non-hydrogen) atoms. The van der Waals surface area contributed by atoms with Gasteiger partial charge in [0.1, 0.15) is 6.54 Å². The van der Waals surface area contributed by atoms with Crippen molar-refractivity contribution in [3.8, 4) is 11.3 Å². The summed E-state index contributed by atoms with van der Waals surface area (Å²) in [7, 11) is 0. The molecule has 11 heteroatoms.